The average Bonchev–Trinajstić information content (AvgIpc) is 2.58. The van der Waals surface area contributed by atoms with Crippen LogP contribution in [-0.4, -0.2) is 40.7 Å². The monoisotopic (exact) mass is 380 g/mol. The van der Waals surface area contributed by atoms with Crippen molar-refractivity contribution in [3.63, 3.8) is 0 Å². The molecule has 0 spiro atoms. The smallest absolute Gasteiger partial charge is 0.264 e. The minimum Gasteiger partial charge on any atom is -0.508 e. The maximum atomic E-state index is 12.9. The summed E-state index contributed by atoms with van der Waals surface area (Å²) in [6.07, 6.45) is 0.315. The fourth-order valence-electron chi connectivity index (χ4n) is 2.16. The zero-order valence-corrected chi connectivity index (χ0v) is 14.9. The second-order valence-electron chi connectivity index (χ2n) is 5.06. The molecule has 1 amide bonds. The van der Waals surface area contributed by atoms with Gasteiger partial charge in [-0.05, 0) is 25.1 Å². The number of aliphatic hydroxyl groups is 1. The van der Waals surface area contributed by atoms with E-state index in [1.807, 2.05) is 0 Å². The molecule has 0 aliphatic carbocycles. The summed E-state index contributed by atoms with van der Waals surface area (Å²) < 4.78 is 5.11. The Kier molecular flexibility index (Phi) is 6.15. The van der Waals surface area contributed by atoms with E-state index in [0.717, 1.165) is 6.33 Å². The highest BCUT2D eigenvalue weighted by atomic mass is 35.5. The van der Waals surface area contributed by atoms with Gasteiger partial charge in [-0.1, -0.05) is 23.2 Å². The molecule has 0 unspecified atom stereocenters. The number of hydrogen-bond acceptors (Lipinski definition) is 5. The largest absolute Gasteiger partial charge is 0.508 e. The van der Waals surface area contributed by atoms with Crippen molar-refractivity contribution < 1.29 is 14.6 Å². The molecular formula is C16H14Cl2N4O3. The topological polar surface area (TPSA) is 79.9 Å². The molecule has 0 bridgehead atoms. The molecule has 1 atom stereocenters. The molecule has 2 rings (SSSR count). The number of methoxy groups -OCH3 is 1. The van der Waals surface area contributed by atoms with E-state index in [1.165, 1.54) is 25.0 Å². The van der Waals surface area contributed by atoms with E-state index in [9.17, 15) is 9.90 Å². The Bertz CT molecular complexity index is 816. The van der Waals surface area contributed by atoms with Gasteiger partial charge in [-0.2, -0.15) is 0 Å². The van der Waals surface area contributed by atoms with Crippen molar-refractivity contribution in [2.45, 2.75) is 13.0 Å². The first kappa shape index (κ1) is 18.9. The number of rotatable bonds is 5. The Morgan fingerprint density at radius 1 is 1.40 bits per heavy atom. The maximum Gasteiger partial charge on any atom is 0.264 e. The third-order valence-electron chi connectivity index (χ3n) is 3.26. The van der Waals surface area contributed by atoms with Gasteiger partial charge in [0, 0.05) is 5.69 Å². The van der Waals surface area contributed by atoms with Crippen LogP contribution in [-0.2, 0) is 0 Å². The van der Waals surface area contributed by atoms with Crippen molar-refractivity contribution in [1.29, 1.82) is 0 Å². The minimum absolute atomic E-state index is 0.0375. The fourth-order valence-corrected chi connectivity index (χ4v) is 2.64. The third-order valence-corrected chi connectivity index (χ3v) is 3.83. The summed E-state index contributed by atoms with van der Waals surface area (Å²) in [6.45, 7) is 8.73. The lowest BCUT2D eigenvalue weighted by Gasteiger charge is -2.25. The zero-order chi connectivity index (χ0) is 18.6. The number of benzene rings is 1. The van der Waals surface area contributed by atoms with Gasteiger partial charge < -0.3 is 14.7 Å². The first-order chi connectivity index (χ1) is 11.9. The highest BCUT2D eigenvalue weighted by molar-refractivity contribution is 6.39. The second-order valence-corrected chi connectivity index (χ2v) is 5.78. The number of amides is 1. The van der Waals surface area contributed by atoms with Gasteiger partial charge >= 0.3 is 0 Å². The molecular weight excluding hydrogens is 367 g/mol. The van der Waals surface area contributed by atoms with Crippen molar-refractivity contribution in [1.82, 2.24) is 9.97 Å². The molecule has 9 heteroatoms. The molecule has 0 aliphatic rings. The lowest BCUT2D eigenvalue weighted by molar-refractivity contribution is 0.0967. The molecule has 0 saturated heterocycles. The molecule has 1 aromatic carbocycles. The van der Waals surface area contributed by atoms with Crippen molar-refractivity contribution in [3.05, 3.63) is 51.8 Å². The first-order valence-electron chi connectivity index (χ1n) is 7.10. The van der Waals surface area contributed by atoms with Gasteiger partial charge in [0.15, 0.2) is 0 Å². The Hall–Kier alpha value is -2.40. The molecule has 1 N–H and O–H groups in total. The maximum absolute atomic E-state index is 12.9. The first-order valence-corrected chi connectivity index (χ1v) is 7.86. The number of aromatic nitrogens is 2. The molecule has 1 heterocycles. The Morgan fingerprint density at radius 2 is 2.04 bits per heavy atom. The van der Waals surface area contributed by atoms with Crippen LogP contribution in [0.15, 0.2) is 24.5 Å². The summed E-state index contributed by atoms with van der Waals surface area (Å²) in [4.78, 5) is 25.1. The van der Waals surface area contributed by atoms with E-state index in [-0.39, 0.29) is 28.1 Å². The summed E-state index contributed by atoms with van der Waals surface area (Å²) in [5.41, 5.74) is 0.533. The lowest BCUT2D eigenvalue weighted by Crippen LogP contribution is -2.37. The molecule has 25 heavy (non-hydrogen) atoms. The molecule has 130 valence electrons. The summed E-state index contributed by atoms with van der Waals surface area (Å²) in [7, 11) is 1.45. The van der Waals surface area contributed by atoms with E-state index < -0.39 is 12.0 Å². The van der Waals surface area contributed by atoms with Gasteiger partial charge in [0.05, 0.1) is 26.3 Å². The van der Waals surface area contributed by atoms with Gasteiger partial charge in [-0.3, -0.25) is 4.79 Å². The minimum atomic E-state index is -0.829. The van der Waals surface area contributed by atoms with E-state index >= 15 is 0 Å². The molecule has 0 radical (unpaired) electrons. The number of ether oxygens (including phenoxy) is 1. The predicted molar refractivity (Wildman–Crippen MR) is 94.7 cm³/mol. The number of aliphatic hydroxyl groups excluding tert-OH is 1. The number of halogens is 2. The quantitative estimate of drug-likeness (QED) is 0.635. The van der Waals surface area contributed by atoms with Crippen molar-refractivity contribution in [3.8, 4) is 5.75 Å². The van der Waals surface area contributed by atoms with Gasteiger partial charge in [-0.25, -0.2) is 14.8 Å². The molecule has 0 aliphatic heterocycles. The van der Waals surface area contributed by atoms with Crippen LogP contribution in [0.25, 0.3) is 4.85 Å². The predicted octanol–water partition coefficient (Wildman–Crippen LogP) is 3.37. The van der Waals surface area contributed by atoms with Gasteiger partial charge in [-0.15, -0.1) is 0 Å². The lowest BCUT2D eigenvalue weighted by atomic mass is 10.2. The molecule has 0 fully saturated rings. The van der Waals surface area contributed by atoms with E-state index in [4.69, 9.17) is 34.5 Å². The van der Waals surface area contributed by atoms with E-state index in [0.29, 0.717) is 11.4 Å². The third kappa shape index (κ3) is 4.17. The fraction of sp³-hybridized carbons (Fsp3) is 0.250. The van der Waals surface area contributed by atoms with E-state index in [1.54, 1.807) is 12.1 Å². The Labute approximate surface area is 154 Å². The zero-order valence-electron chi connectivity index (χ0n) is 13.4. The van der Waals surface area contributed by atoms with Crippen LogP contribution in [0.1, 0.15) is 17.3 Å². The van der Waals surface area contributed by atoms with Gasteiger partial charge in [0.1, 0.15) is 27.9 Å². The number of carbonyl (C=O) groups excluding carboxylic acids is 1. The van der Waals surface area contributed by atoms with Gasteiger partial charge in [0.2, 0.25) is 5.69 Å². The van der Waals surface area contributed by atoms with Crippen molar-refractivity contribution >= 4 is 40.5 Å². The normalized spacial score (nSPS) is 11.5. The van der Waals surface area contributed by atoms with Crippen LogP contribution in [0, 0.1) is 6.57 Å². The SMILES string of the molecule is [C-]#[N+]c1cc(N(C[C@@H](C)O)C(=O)c2c(Cl)ncnc2Cl)ccc1OC. The second kappa shape index (κ2) is 8.12. The number of carbonyl (C=O) groups is 1. The van der Waals surface area contributed by atoms with Crippen molar-refractivity contribution in [2.75, 3.05) is 18.6 Å². The molecule has 7 nitrogen and oxygen atoms in total. The van der Waals surface area contributed by atoms with Crippen LogP contribution < -0.4 is 9.64 Å². The highest BCUT2D eigenvalue weighted by Gasteiger charge is 2.26. The van der Waals surface area contributed by atoms with Crippen LogP contribution in [0.3, 0.4) is 0 Å². The highest BCUT2D eigenvalue weighted by Crippen LogP contribution is 2.33. The molecule has 0 saturated carbocycles. The number of nitrogens with zero attached hydrogens (tertiary/aromatic N) is 4. The van der Waals surface area contributed by atoms with Crippen molar-refractivity contribution in [2.24, 2.45) is 0 Å². The summed E-state index contributed by atoms with van der Waals surface area (Å²) in [5, 5.41) is 9.57. The Morgan fingerprint density at radius 3 is 2.56 bits per heavy atom. The number of anilines is 1. The van der Waals surface area contributed by atoms with Crippen LogP contribution in [0.5, 0.6) is 5.75 Å². The van der Waals surface area contributed by atoms with E-state index in [2.05, 4.69) is 14.8 Å². The standard InChI is InChI=1S/C16H14Cl2N4O3/c1-9(23)7-22(10-4-5-12(25-3)11(6-10)19-2)16(24)13-14(17)20-8-21-15(13)18/h4-6,8-9,23H,7H2,1,3H3/t9-/m1/s1. The molecule has 1 aromatic heterocycles. The van der Waals surface area contributed by atoms with Crippen LogP contribution in [0.4, 0.5) is 11.4 Å². The Balaban J connectivity index is 2.54. The summed E-state index contributed by atoms with van der Waals surface area (Å²) >= 11 is 12.0. The van der Waals surface area contributed by atoms with Gasteiger partial charge in [0.25, 0.3) is 5.91 Å². The summed E-state index contributed by atoms with van der Waals surface area (Å²) in [6, 6.07) is 4.65. The number of hydrogen-bond donors (Lipinski definition) is 1. The van der Waals surface area contributed by atoms with Crippen LogP contribution >= 0.6 is 23.2 Å². The molecule has 2 aromatic rings. The average molecular weight is 381 g/mol. The van der Waals surface area contributed by atoms with Crippen LogP contribution in [0.2, 0.25) is 10.3 Å². The summed E-state index contributed by atoms with van der Waals surface area (Å²) in [5.74, 6) is -0.208.